The molecule has 0 radical (unpaired) electrons. The van der Waals surface area contributed by atoms with E-state index in [0.29, 0.717) is 26.2 Å². The zero-order valence-corrected chi connectivity index (χ0v) is 15.0. The quantitative estimate of drug-likeness (QED) is 0.795. The first-order valence-electron chi connectivity index (χ1n) is 8.17. The first kappa shape index (κ1) is 18.6. The summed E-state index contributed by atoms with van der Waals surface area (Å²) in [5.41, 5.74) is 0.531. The molecule has 24 heavy (non-hydrogen) atoms. The number of hydrogen-bond donors (Lipinski definition) is 1. The average Bonchev–Trinajstić information content (AvgIpc) is 2.55. The molecular weight excluding hydrogens is 308 g/mol. The van der Waals surface area contributed by atoms with Gasteiger partial charge in [-0.1, -0.05) is 6.07 Å². The molecule has 1 aliphatic rings. The molecule has 0 bridgehead atoms. The molecule has 0 aliphatic carbocycles. The van der Waals surface area contributed by atoms with Crippen LogP contribution in [0.3, 0.4) is 0 Å². The van der Waals surface area contributed by atoms with Crippen LogP contribution >= 0.6 is 0 Å². The minimum atomic E-state index is -0.601. The first-order chi connectivity index (χ1) is 11.5. The number of hydrogen-bond acceptors (Lipinski definition) is 6. The maximum Gasteiger partial charge on any atom is 0.225 e. The number of ether oxygens (including phenoxy) is 2. The van der Waals surface area contributed by atoms with Gasteiger partial charge in [0.2, 0.25) is 5.91 Å². The summed E-state index contributed by atoms with van der Waals surface area (Å²) in [5.74, 6) is 0.928. The van der Waals surface area contributed by atoms with E-state index < -0.39 is 5.60 Å². The van der Waals surface area contributed by atoms with Crippen molar-refractivity contribution in [2.24, 2.45) is 0 Å². The summed E-state index contributed by atoms with van der Waals surface area (Å²) >= 11 is 0. The number of anilines is 1. The number of amides is 1. The van der Waals surface area contributed by atoms with E-state index in [1.165, 1.54) is 0 Å². The average molecular weight is 336 g/mol. The molecule has 1 fully saturated rings. The van der Waals surface area contributed by atoms with Gasteiger partial charge in [0.05, 0.1) is 19.6 Å². The number of nitrogens with zero attached hydrogens (tertiary/aromatic N) is 3. The highest BCUT2D eigenvalue weighted by Gasteiger charge is 2.39. The highest BCUT2D eigenvalue weighted by atomic mass is 16.5. The standard InChI is InChI=1S/C17H28N4O3/c1-18-16-14(6-5-7-19-16)11-21-8-9-24-17(12-21,13-23-4)10-15(22)20(2)3/h5-7H,8-13H2,1-4H3,(H,18,19)/t17-/m0/s1. The number of carbonyl (C=O) groups excluding carboxylic acids is 1. The van der Waals surface area contributed by atoms with Crippen LogP contribution in [0.2, 0.25) is 0 Å². The summed E-state index contributed by atoms with van der Waals surface area (Å²) in [5, 5.41) is 3.12. The van der Waals surface area contributed by atoms with Crippen molar-refractivity contribution >= 4 is 11.7 Å². The van der Waals surface area contributed by atoms with E-state index >= 15 is 0 Å². The molecule has 1 aromatic rings. The van der Waals surface area contributed by atoms with Gasteiger partial charge in [0.25, 0.3) is 0 Å². The summed E-state index contributed by atoms with van der Waals surface area (Å²) in [6, 6.07) is 4.01. The summed E-state index contributed by atoms with van der Waals surface area (Å²) < 4.78 is 11.4. The topological polar surface area (TPSA) is 66.9 Å². The predicted octanol–water partition coefficient (Wildman–Crippen LogP) is 0.819. The highest BCUT2D eigenvalue weighted by molar-refractivity contribution is 5.76. The van der Waals surface area contributed by atoms with Crippen LogP contribution in [0.5, 0.6) is 0 Å². The fraction of sp³-hybridized carbons (Fsp3) is 0.647. The van der Waals surface area contributed by atoms with E-state index in [-0.39, 0.29) is 5.91 Å². The number of nitrogens with one attached hydrogen (secondary N) is 1. The number of rotatable bonds is 7. The van der Waals surface area contributed by atoms with Gasteiger partial charge in [-0.05, 0) is 6.07 Å². The van der Waals surface area contributed by atoms with Crippen LogP contribution in [-0.2, 0) is 20.8 Å². The van der Waals surface area contributed by atoms with Crippen LogP contribution in [0.15, 0.2) is 18.3 Å². The molecule has 1 saturated heterocycles. The maximum absolute atomic E-state index is 12.2. The molecule has 2 rings (SSSR count). The maximum atomic E-state index is 12.2. The summed E-state index contributed by atoms with van der Waals surface area (Å²) in [7, 11) is 7.04. The minimum Gasteiger partial charge on any atom is -0.382 e. The zero-order chi connectivity index (χ0) is 17.6. The SMILES string of the molecule is CNc1ncccc1CN1CCO[C@@](COC)(CC(=O)N(C)C)C1. The van der Waals surface area contributed by atoms with Crippen LogP contribution in [0.25, 0.3) is 0 Å². The van der Waals surface area contributed by atoms with Gasteiger partial charge < -0.3 is 19.7 Å². The predicted molar refractivity (Wildman–Crippen MR) is 92.9 cm³/mol. The zero-order valence-electron chi connectivity index (χ0n) is 15.0. The molecule has 7 heteroatoms. The Morgan fingerprint density at radius 3 is 3.00 bits per heavy atom. The van der Waals surface area contributed by atoms with Crippen molar-refractivity contribution in [1.82, 2.24) is 14.8 Å². The summed E-state index contributed by atoms with van der Waals surface area (Å²) in [4.78, 5) is 20.5. The van der Waals surface area contributed by atoms with Crippen molar-refractivity contribution in [2.45, 2.75) is 18.6 Å². The lowest BCUT2D eigenvalue weighted by Crippen LogP contribution is -2.55. The monoisotopic (exact) mass is 336 g/mol. The Kier molecular flexibility index (Phi) is 6.53. The van der Waals surface area contributed by atoms with Gasteiger partial charge in [0, 0.05) is 59.6 Å². The highest BCUT2D eigenvalue weighted by Crippen LogP contribution is 2.25. The number of aromatic nitrogens is 1. The van der Waals surface area contributed by atoms with Gasteiger partial charge >= 0.3 is 0 Å². The van der Waals surface area contributed by atoms with Gasteiger partial charge in [-0.25, -0.2) is 4.98 Å². The molecule has 0 saturated carbocycles. The molecule has 0 aromatic carbocycles. The lowest BCUT2D eigenvalue weighted by atomic mass is 9.96. The van der Waals surface area contributed by atoms with Gasteiger partial charge in [0.1, 0.15) is 11.4 Å². The Balaban J connectivity index is 2.11. The van der Waals surface area contributed by atoms with E-state index in [2.05, 4.69) is 21.3 Å². The van der Waals surface area contributed by atoms with Gasteiger partial charge in [-0.3, -0.25) is 9.69 Å². The van der Waals surface area contributed by atoms with E-state index in [1.54, 1.807) is 32.3 Å². The molecule has 1 amide bonds. The van der Waals surface area contributed by atoms with E-state index in [9.17, 15) is 4.79 Å². The van der Waals surface area contributed by atoms with Crippen LogP contribution < -0.4 is 5.32 Å². The smallest absolute Gasteiger partial charge is 0.225 e. The summed E-state index contributed by atoms with van der Waals surface area (Å²) in [6.45, 7) is 3.21. The van der Waals surface area contributed by atoms with Crippen molar-refractivity contribution in [3.8, 4) is 0 Å². The number of morpholine rings is 1. The van der Waals surface area contributed by atoms with E-state index in [0.717, 1.165) is 24.5 Å². The number of pyridine rings is 1. The molecule has 0 spiro atoms. The van der Waals surface area contributed by atoms with Crippen LogP contribution in [0.1, 0.15) is 12.0 Å². The van der Waals surface area contributed by atoms with E-state index in [4.69, 9.17) is 9.47 Å². The molecule has 1 aromatic heterocycles. The van der Waals surface area contributed by atoms with Crippen molar-refractivity contribution in [3.05, 3.63) is 23.9 Å². The Morgan fingerprint density at radius 2 is 2.33 bits per heavy atom. The van der Waals surface area contributed by atoms with Gasteiger partial charge in [-0.15, -0.1) is 0 Å². The number of methoxy groups -OCH3 is 1. The third kappa shape index (κ3) is 4.66. The molecule has 0 unspecified atom stereocenters. The minimum absolute atomic E-state index is 0.0474. The number of carbonyl (C=O) groups is 1. The van der Waals surface area contributed by atoms with Crippen LogP contribution in [0, 0.1) is 0 Å². The lowest BCUT2D eigenvalue weighted by molar-refractivity contribution is -0.160. The molecule has 1 aliphatic heterocycles. The molecule has 1 N–H and O–H groups in total. The molecule has 2 heterocycles. The second kappa shape index (κ2) is 8.41. The van der Waals surface area contributed by atoms with Crippen molar-refractivity contribution < 1.29 is 14.3 Å². The fourth-order valence-electron chi connectivity index (χ4n) is 3.03. The van der Waals surface area contributed by atoms with Crippen LogP contribution in [-0.4, -0.2) is 80.8 Å². The molecule has 134 valence electrons. The van der Waals surface area contributed by atoms with Crippen LogP contribution in [0.4, 0.5) is 5.82 Å². The first-order valence-corrected chi connectivity index (χ1v) is 8.17. The third-order valence-electron chi connectivity index (χ3n) is 4.23. The Morgan fingerprint density at radius 1 is 1.54 bits per heavy atom. The van der Waals surface area contributed by atoms with Crippen molar-refractivity contribution in [3.63, 3.8) is 0 Å². The van der Waals surface area contributed by atoms with Gasteiger partial charge in [-0.2, -0.15) is 0 Å². The Labute approximate surface area is 143 Å². The normalized spacial score (nSPS) is 21.5. The van der Waals surface area contributed by atoms with Crippen molar-refractivity contribution in [1.29, 1.82) is 0 Å². The van der Waals surface area contributed by atoms with Gasteiger partial charge in [0.15, 0.2) is 0 Å². The molecule has 7 nitrogen and oxygen atoms in total. The van der Waals surface area contributed by atoms with Crippen molar-refractivity contribution in [2.75, 3.05) is 59.9 Å². The Bertz CT molecular complexity index is 548. The third-order valence-corrected chi connectivity index (χ3v) is 4.23. The van der Waals surface area contributed by atoms with E-state index in [1.807, 2.05) is 13.1 Å². The summed E-state index contributed by atoms with van der Waals surface area (Å²) in [6.07, 6.45) is 2.09. The molecule has 1 atom stereocenters. The second-order valence-corrected chi connectivity index (χ2v) is 6.40. The largest absolute Gasteiger partial charge is 0.382 e. The Hall–Kier alpha value is -1.70. The second-order valence-electron chi connectivity index (χ2n) is 6.40. The lowest BCUT2D eigenvalue weighted by Gasteiger charge is -2.42. The fourth-order valence-corrected chi connectivity index (χ4v) is 3.03. The molecular formula is C17H28N4O3.